The summed E-state index contributed by atoms with van der Waals surface area (Å²) >= 11 is 0. The predicted octanol–water partition coefficient (Wildman–Crippen LogP) is 0.0696. The van der Waals surface area contributed by atoms with Crippen molar-refractivity contribution in [1.29, 1.82) is 0 Å². The number of aliphatic hydroxyl groups excluding tert-OH is 4. The number of fused-ring (bicyclic) bond motifs is 10. The molecule has 2 aliphatic heterocycles. The van der Waals surface area contributed by atoms with E-state index < -0.39 is 49.1 Å². The van der Waals surface area contributed by atoms with Crippen LogP contribution in [-0.2, 0) is 9.53 Å². The van der Waals surface area contributed by atoms with Gasteiger partial charge in [-0.1, -0.05) is 0 Å². The summed E-state index contributed by atoms with van der Waals surface area (Å²) in [7, 11) is 0. The maximum absolute atomic E-state index is 13.7. The van der Waals surface area contributed by atoms with Crippen molar-refractivity contribution in [2.24, 2.45) is 0 Å². The average molecular weight is 562 g/mol. The predicted molar refractivity (Wildman–Crippen MR) is 141 cm³/mol. The van der Waals surface area contributed by atoms with Crippen LogP contribution in [0, 0.1) is 0 Å². The summed E-state index contributed by atoms with van der Waals surface area (Å²) in [5.41, 5.74) is 3.15. The van der Waals surface area contributed by atoms with Crippen LogP contribution in [0.1, 0.15) is 26.9 Å². The highest BCUT2D eigenvalue weighted by Crippen LogP contribution is 2.47. The number of aromatic amines is 1. The number of nitrogens with one attached hydrogen (secondary N) is 2. The zero-order valence-electron chi connectivity index (χ0n) is 20.8. The number of benzene rings is 3. The lowest BCUT2D eigenvalue weighted by molar-refractivity contribution is -0.249. The number of hydrogen-bond donors (Lipinski definition) is 8. The van der Waals surface area contributed by atoms with E-state index in [0.717, 1.165) is 0 Å². The molecule has 14 nitrogen and oxygen atoms in total. The lowest BCUT2D eigenvalue weighted by atomic mass is 9.96. The molecule has 3 amide bonds. The Labute approximate surface area is 228 Å². The number of aromatic nitrogens is 2. The lowest BCUT2D eigenvalue weighted by Crippen LogP contribution is -2.56. The van der Waals surface area contributed by atoms with Crippen LogP contribution in [0.15, 0.2) is 36.4 Å². The highest BCUT2D eigenvalue weighted by atomic mass is 16.6. The van der Waals surface area contributed by atoms with Gasteiger partial charge in [0.2, 0.25) is 6.41 Å². The highest BCUT2D eigenvalue weighted by Gasteiger charge is 2.47. The van der Waals surface area contributed by atoms with Gasteiger partial charge in [-0.25, -0.2) is 0 Å². The minimum absolute atomic E-state index is 0.0234. The van der Waals surface area contributed by atoms with Crippen molar-refractivity contribution in [2.75, 3.05) is 6.61 Å². The van der Waals surface area contributed by atoms with Crippen LogP contribution in [0.25, 0.3) is 43.6 Å². The van der Waals surface area contributed by atoms with Gasteiger partial charge in [-0.15, -0.1) is 0 Å². The van der Waals surface area contributed by atoms with Crippen molar-refractivity contribution in [3.05, 3.63) is 47.5 Å². The molecular weight excluding hydrogens is 540 g/mol. The third kappa shape index (κ3) is 3.21. The molecule has 41 heavy (non-hydrogen) atoms. The molecule has 0 spiro atoms. The molecule has 5 aromatic rings. The highest BCUT2D eigenvalue weighted by molar-refractivity contribution is 6.39. The number of aliphatic hydroxyl groups is 4. The Balaban J connectivity index is 1.71. The number of H-pyrrole nitrogens is 1. The monoisotopic (exact) mass is 562 g/mol. The molecule has 4 heterocycles. The molecule has 1 saturated heterocycles. The molecular formula is C27H22N4O10. The van der Waals surface area contributed by atoms with Crippen molar-refractivity contribution in [3.8, 4) is 11.5 Å². The van der Waals surface area contributed by atoms with Gasteiger partial charge in [-0.3, -0.25) is 19.8 Å². The summed E-state index contributed by atoms with van der Waals surface area (Å²) in [5, 5.41) is 64.4. The fourth-order valence-corrected chi connectivity index (χ4v) is 6.14. The quantitative estimate of drug-likeness (QED) is 0.109. The smallest absolute Gasteiger partial charge is 0.281 e. The fraction of sp³-hybridized carbons (Fsp3) is 0.222. The van der Waals surface area contributed by atoms with E-state index in [0.29, 0.717) is 21.3 Å². The van der Waals surface area contributed by atoms with Gasteiger partial charge < -0.3 is 44.9 Å². The molecule has 0 radical (unpaired) electrons. The molecule has 7 rings (SSSR count). The third-order valence-electron chi connectivity index (χ3n) is 7.89. The zero-order chi connectivity index (χ0) is 28.9. The van der Waals surface area contributed by atoms with Crippen molar-refractivity contribution in [3.63, 3.8) is 0 Å². The summed E-state index contributed by atoms with van der Waals surface area (Å²) in [5.74, 6) is -1.90. The number of rotatable bonds is 4. The number of imide groups is 1. The van der Waals surface area contributed by atoms with Crippen LogP contribution in [-0.4, -0.2) is 94.4 Å². The van der Waals surface area contributed by atoms with Crippen LogP contribution in [0.3, 0.4) is 0 Å². The number of hydrogen-bond acceptors (Lipinski definition) is 10. The number of phenols is 2. The molecule has 2 aliphatic rings. The van der Waals surface area contributed by atoms with E-state index in [-0.39, 0.29) is 56.4 Å². The van der Waals surface area contributed by atoms with E-state index >= 15 is 0 Å². The van der Waals surface area contributed by atoms with Crippen molar-refractivity contribution in [1.82, 2.24) is 20.0 Å². The summed E-state index contributed by atoms with van der Waals surface area (Å²) in [6.45, 7) is -0.695. The Kier molecular flexibility index (Phi) is 5.32. The average Bonchev–Trinajstić information content (AvgIpc) is 3.56. The molecule has 0 bridgehead atoms. The molecule has 14 heteroatoms. The number of carbonyl (C=O) groups is 3. The molecule has 0 saturated carbocycles. The van der Waals surface area contributed by atoms with Crippen LogP contribution in [0.4, 0.5) is 0 Å². The van der Waals surface area contributed by atoms with Gasteiger partial charge in [0.25, 0.3) is 11.8 Å². The third-order valence-corrected chi connectivity index (χ3v) is 7.89. The topological polar surface area (TPSA) is 218 Å². The van der Waals surface area contributed by atoms with Crippen LogP contribution in [0.5, 0.6) is 11.5 Å². The van der Waals surface area contributed by atoms with Crippen LogP contribution >= 0.6 is 0 Å². The number of aromatic hydroxyl groups is 2. The number of hydrazine groups is 1. The first kappa shape index (κ1) is 25.3. The number of ether oxygens (including phenoxy) is 1. The minimum atomic E-state index is -1.74. The fourth-order valence-electron chi connectivity index (χ4n) is 6.14. The summed E-state index contributed by atoms with van der Waals surface area (Å²) in [4.78, 5) is 41.8. The van der Waals surface area contributed by atoms with Crippen molar-refractivity contribution in [2.45, 2.75) is 30.6 Å². The number of amides is 3. The van der Waals surface area contributed by atoms with Crippen molar-refractivity contribution >= 4 is 61.8 Å². The van der Waals surface area contributed by atoms with E-state index in [4.69, 9.17) is 4.74 Å². The standard InChI is InChI=1S/C27H22N4O10/c32-7-15-22(36)23(37)24(38)27(41-15)30-14-6-10(35)2-4-12(14)17-19-18(25(39)31(26(19)40)28-8-33)16-11-3-1-9(34)5-13(11)29-20(16)21(17)30/h1-6,8,15,22-24,27,29,32,34-38H,7H2,(H,28,33)/t15-,22-,23+,24-,27-/m1/s1. The molecule has 5 atom stereocenters. The Bertz CT molecular complexity index is 1960. The van der Waals surface area contributed by atoms with E-state index in [2.05, 4.69) is 10.4 Å². The molecule has 8 N–H and O–H groups in total. The van der Waals surface area contributed by atoms with E-state index in [1.54, 1.807) is 6.07 Å². The number of phenolic OH excluding ortho intramolecular Hbond substituents is 2. The second-order valence-electron chi connectivity index (χ2n) is 10.1. The first-order valence-corrected chi connectivity index (χ1v) is 12.5. The summed E-state index contributed by atoms with van der Waals surface area (Å²) in [6, 6.07) is 8.58. The zero-order valence-corrected chi connectivity index (χ0v) is 20.8. The van der Waals surface area contributed by atoms with Gasteiger partial charge in [-0.05, 0) is 24.3 Å². The Morgan fingerprint density at radius 2 is 1.56 bits per heavy atom. The SMILES string of the molecule is O=CNN1C(=O)c2c(c3c4ccc(O)cc4n([C@@H]4O[C@H](CO)[C@@H](O)[C@H](O)[C@H]4O)c3c3[nH]c4cc(O)ccc4c23)C1=O. The Hall–Kier alpha value is -4.73. The first-order valence-electron chi connectivity index (χ1n) is 12.5. The van der Waals surface area contributed by atoms with Gasteiger partial charge >= 0.3 is 0 Å². The number of carbonyl (C=O) groups excluding carboxylic acids is 3. The summed E-state index contributed by atoms with van der Waals surface area (Å²) in [6.07, 6.45) is -7.66. The van der Waals surface area contributed by atoms with E-state index in [9.17, 15) is 45.0 Å². The molecule has 2 aromatic heterocycles. The molecule has 1 fully saturated rings. The van der Waals surface area contributed by atoms with Gasteiger partial charge in [0, 0.05) is 33.7 Å². The second kappa shape index (κ2) is 8.63. The van der Waals surface area contributed by atoms with E-state index in [1.165, 1.54) is 34.9 Å². The molecule has 0 aliphatic carbocycles. The van der Waals surface area contributed by atoms with E-state index in [1.807, 2.05) is 0 Å². The molecule has 0 unspecified atom stereocenters. The molecule has 210 valence electrons. The normalized spacial score (nSPS) is 24.7. The Morgan fingerprint density at radius 1 is 0.902 bits per heavy atom. The van der Waals surface area contributed by atoms with Gasteiger partial charge in [0.1, 0.15) is 35.9 Å². The summed E-state index contributed by atoms with van der Waals surface area (Å²) < 4.78 is 7.31. The minimum Gasteiger partial charge on any atom is -0.508 e. The van der Waals surface area contributed by atoms with Crippen LogP contribution in [0.2, 0.25) is 0 Å². The van der Waals surface area contributed by atoms with Gasteiger partial charge in [-0.2, -0.15) is 5.01 Å². The number of nitrogens with zero attached hydrogens (tertiary/aromatic N) is 2. The van der Waals surface area contributed by atoms with Gasteiger partial charge in [0.15, 0.2) is 6.23 Å². The first-order chi connectivity index (χ1) is 19.7. The Morgan fingerprint density at radius 3 is 2.24 bits per heavy atom. The lowest BCUT2D eigenvalue weighted by Gasteiger charge is -2.41. The molecule has 3 aromatic carbocycles. The second-order valence-corrected chi connectivity index (χ2v) is 10.1. The maximum atomic E-state index is 13.7. The maximum Gasteiger partial charge on any atom is 0.281 e. The van der Waals surface area contributed by atoms with Crippen LogP contribution < -0.4 is 5.43 Å². The van der Waals surface area contributed by atoms with Gasteiger partial charge in [0.05, 0.1) is 39.8 Å². The van der Waals surface area contributed by atoms with Crippen molar-refractivity contribution < 1.29 is 49.8 Å². The largest absolute Gasteiger partial charge is 0.508 e.